The van der Waals surface area contributed by atoms with Crippen LogP contribution in [0.1, 0.15) is 0 Å². The fraction of sp³-hybridized carbons (Fsp3) is 0.0588. The number of aromatic nitrogens is 1. The third-order valence-electron chi connectivity index (χ3n) is 6.75. The second-order valence-electron chi connectivity index (χ2n) is 9.03. The van der Waals surface area contributed by atoms with Crippen molar-refractivity contribution in [2.75, 3.05) is 14.2 Å². The Morgan fingerprint density at radius 2 is 1.18 bits per heavy atom. The van der Waals surface area contributed by atoms with Crippen LogP contribution >= 0.6 is 0 Å². The van der Waals surface area contributed by atoms with Crippen LogP contribution in [0.2, 0.25) is 0 Å². The molecule has 39 heavy (non-hydrogen) atoms. The molecule has 5 heteroatoms. The standard InChI is InChI=1S/C34H25NO4/c1-37-28-21-29(38-2)32(34-31(28)26(20-30(36)39-34)23-14-8-4-9-15-23)33-25(22-12-6-3-7-13-22)18-19-27(35-33)24-16-10-5-11-17-24/h3-21H,1-2H3. The van der Waals surface area contributed by atoms with Crippen molar-refractivity contribution >= 4 is 11.0 Å². The van der Waals surface area contributed by atoms with Crippen molar-refractivity contribution in [2.24, 2.45) is 0 Å². The maximum atomic E-state index is 13.0. The third-order valence-corrected chi connectivity index (χ3v) is 6.75. The zero-order valence-corrected chi connectivity index (χ0v) is 21.5. The topological polar surface area (TPSA) is 61.6 Å². The molecule has 5 nitrogen and oxygen atoms in total. The molecule has 0 bridgehead atoms. The number of benzene rings is 4. The number of methoxy groups -OCH3 is 2. The Balaban J connectivity index is 1.76. The van der Waals surface area contributed by atoms with E-state index in [-0.39, 0.29) is 0 Å². The first-order valence-electron chi connectivity index (χ1n) is 12.6. The van der Waals surface area contributed by atoms with E-state index >= 15 is 0 Å². The van der Waals surface area contributed by atoms with Crippen molar-refractivity contribution in [2.45, 2.75) is 0 Å². The van der Waals surface area contributed by atoms with Gasteiger partial charge >= 0.3 is 5.63 Å². The molecule has 4 aromatic carbocycles. The van der Waals surface area contributed by atoms with Gasteiger partial charge in [-0.1, -0.05) is 97.1 Å². The molecule has 6 rings (SSSR count). The van der Waals surface area contributed by atoms with Gasteiger partial charge in [-0.15, -0.1) is 0 Å². The van der Waals surface area contributed by atoms with Gasteiger partial charge in [-0.05, 0) is 17.2 Å². The van der Waals surface area contributed by atoms with Crippen LogP contribution in [0.4, 0.5) is 0 Å². The minimum absolute atomic E-state index is 0.354. The van der Waals surface area contributed by atoms with Crippen LogP contribution < -0.4 is 15.1 Å². The van der Waals surface area contributed by atoms with Crippen molar-refractivity contribution < 1.29 is 13.9 Å². The van der Waals surface area contributed by atoms with Gasteiger partial charge in [0.15, 0.2) is 5.58 Å². The van der Waals surface area contributed by atoms with E-state index in [9.17, 15) is 4.79 Å². The van der Waals surface area contributed by atoms with Crippen LogP contribution in [-0.4, -0.2) is 19.2 Å². The van der Waals surface area contributed by atoms with Crippen molar-refractivity contribution in [3.05, 3.63) is 126 Å². The number of rotatable bonds is 6. The molecule has 0 aliphatic carbocycles. The predicted octanol–water partition coefficient (Wildman–Crippen LogP) is 7.87. The van der Waals surface area contributed by atoms with Gasteiger partial charge in [0.1, 0.15) is 11.5 Å². The third kappa shape index (κ3) is 4.44. The fourth-order valence-corrected chi connectivity index (χ4v) is 4.95. The summed E-state index contributed by atoms with van der Waals surface area (Å²) in [6, 6.07) is 37.1. The van der Waals surface area contributed by atoms with Crippen LogP contribution in [0.3, 0.4) is 0 Å². The molecule has 0 N–H and O–H groups in total. The Bertz CT molecular complexity index is 1830. The lowest BCUT2D eigenvalue weighted by molar-refractivity contribution is 0.397. The quantitative estimate of drug-likeness (QED) is 0.213. The molecule has 0 saturated carbocycles. The Morgan fingerprint density at radius 1 is 0.615 bits per heavy atom. The average molecular weight is 512 g/mol. The monoisotopic (exact) mass is 511 g/mol. The summed E-state index contributed by atoms with van der Waals surface area (Å²) in [7, 11) is 3.18. The van der Waals surface area contributed by atoms with Crippen molar-refractivity contribution in [3.8, 4) is 56.3 Å². The van der Waals surface area contributed by atoms with Gasteiger partial charge < -0.3 is 13.9 Å². The summed E-state index contributed by atoms with van der Waals surface area (Å²) in [5, 5.41) is 0.671. The Kier molecular flexibility index (Phi) is 6.39. The normalized spacial score (nSPS) is 10.9. The first kappa shape index (κ1) is 24.2. The maximum absolute atomic E-state index is 13.0. The highest BCUT2D eigenvalue weighted by molar-refractivity contribution is 6.07. The fourth-order valence-electron chi connectivity index (χ4n) is 4.95. The minimum atomic E-state index is -0.474. The van der Waals surface area contributed by atoms with E-state index in [0.717, 1.165) is 27.9 Å². The van der Waals surface area contributed by atoms with Gasteiger partial charge in [-0.3, -0.25) is 0 Å². The van der Waals surface area contributed by atoms with E-state index in [1.54, 1.807) is 14.2 Å². The number of hydrogen-bond donors (Lipinski definition) is 0. The molecule has 0 atom stereocenters. The van der Waals surface area contributed by atoms with Crippen molar-refractivity contribution in [1.82, 2.24) is 4.98 Å². The van der Waals surface area contributed by atoms with Gasteiger partial charge in [0.25, 0.3) is 0 Å². The number of pyridine rings is 1. The first-order chi connectivity index (χ1) is 19.2. The summed E-state index contributed by atoms with van der Waals surface area (Å²) in [4.78, 5) is 18.2. The zero-order chi connectivity index (χ0) is 26.8. The highest BCUT2D eigenvalue weighted by atomic mass is 16.5. The molecule has 190 valence electrons. The smallest absolute Gasteiger partial charge is 0.336 e. The van der Waals surface area contributed by atoms with Gasteiger partial charge in [0.05, 0.1) is 36.6 Å². The lowest BCUT2D eigenvalue weighted by atomic mass is 9.93. The zero-order valence-electron chi connectivity index (χ0n) is 21.5. The largest absolute Gasteiger partial charge is 0.496 e. The summed E-state index contributed by atoms with van der Waals surface area (Å²) in [5.41, 5.74) is 6.31. The second-order valence-corrected chi connectivity index (χ2v) is 9.03. The number of fused-ring (bicyclic) bond motifs is 1. The Morgan fingerprint density at radius 3 is 1.77 bits per heavy atom. The summed E-state index contributed by atoms with van der Waals surface area (Å²) in [5.74, 6) is 1.02. The van der Waals surface area contributed by atoms with E-state index < -0.39 is 5.63 Å². The molecule has 0 amide bonds. The lowest BCUT2D eigenvalue weighted by Crippen LogP contribution is -2.03. The molecular formula is C34H25NO4. The molecule has 0 aliphatic heterocycles. The van der Waals surface area contributed by atoms with Gasteiger partial charge in [-0.25, -0.2) is 9.78 Å². The highest BCUT2D eigenvalue weighted by Gasteiger charge is 2.25. The number of ether oxygens (including phenoxy) is 2. The van der Waals surface area contributed by atoms with Crippen LogP contribution in [-0.2, 0) is 0 Å². The SMILES string of the molecule is COc1cc(OC)c2c(-c3ccccc3)cc(=O)oc2c1-c1nc(-c2ccccc2)ccc1-c1ccccc1. The predicted molar refractivity (Wildman–Crippen MR) is 155 cm³/mol. The summed E-state index contributed by atoms with van der Waals surface area (Å²) >= 11 is 0. The summed E-state index contributed by atoms with van der Waals surface area (Å²) in [6.45, 7) is 0. The van der Waals surface area contributed by atoms with E-state index in [1.807, 2.05) is 103 Å². The lowest BCUT2D eigenvalue weighted by Gasteiger charge is -2.19. The first-order valence-corrected chi connectivity index (χ1v) is 12.6. The van der Waals surface area contributed by atoms with E-state index in [1.165, 1.54) is 6.07 Å². The van der Waals surface area contributed by atoms with Crippen molar-refractivity contribution in [3.63, 3.8) is 0 Å². The van der Waals surface area contributed by atoms with Gasteiger partial charge in [0, 0.05) is 28.8 Å². The molecule has 0 unspecified atom stereocenters. The van der Waals surface area contributed by atoms with E-state index in [0.29, 0.717) is 39.3 Å². The molecule has 2 heterocycles. The maximum Gasteiger partial charge on any atom is 0.336 e. The molecular weight excluding hydrogens is 486 g/mol. The van der Waals surface area contributed by atoms with Crippen LogP contribution in [0.5, 0.6) is 11.5 Å². The van der Waals surface area contributed by atoms with Gasteiger partial charge in [0.2, 0.25) is 0 Å². The van der Waals surface area contributed by atoms with Crippen molar-refractivity contribution in [1.29, 1.82) is 0 Å². The highest BCUT2D eigenvalue weighted by Crippen LogP contribution is 2.47. The molecule has 0 radical (unpaired) electrons. The number of hydrogen-bond acceptors (Lipinski definition) is 5. The van der Waals surface area contributed by atoms with Gasteiger partial charge in [-0.2, -0.15) is 0 Å². The molecule has 0 aliphatic rings. The second kappa shape index (κ2) is 10.3. The molecule has 0 fully saturated rings. The number of nitrogens with zero attached hydrogens (tertiary/aromatic N) is 1. The van der Waals surface area contributed by atoms with Crippen LogP contribution in [0, 0.1) is 0 Å². The van der Waals surface area contributed by atoms with E-state index in [2.05, 4.69) is 6.07 Å². The van der Waals surface area contributed by atoms with Crippen LogP contribution in [0.15, 0.2) is 124 Å². The molecule has 6 aromatic rings. The summed E-state index contributed by atoms with van der Waals surface area (Å²) < 4.78 is 17.7. The molecule has 2 aromatic heterocycles. The van der Waals surface area contributed by atoms with Crippen LogP contribution in [0.25, 0.3) is 55.7 Å². The summed E-state index contributed by atoms with van der Waals surface area (Å²) in [6.07, 6.45) is 0. The Labute approximate surface area is 225 Å². The van der Waals surface area contributed by atoms with E-state index in [4.69, 9.17) is 18.9 Å². The molecule has 0 spiro atoms. The molecule has 0 saturated heterocycles. The average Bonchev–Trinajstić information content (AvgIpc) is 3.00. The Hall–Kier alpha value is -5.16. The minimum Gasteiger partial charge on any atom is -0.496 e.